The van der Waals surface area contributed by atoms with Crippen LogP contribution in [0, 0.1) is 0 Å². The van der Waals surface area contributed by atoms with Gasteiger partial charge in [0.2, 0.25) is 10.0 Å². The van der Waals surface area contributed by atoms with Gasteiger partial charge < -0.3 is 15.0 Å². The van der Waals surface area contributed by atoms with Gasteiger partial charge in [0.25, 0.3) is 5.91 Å². The summed E-state index contributed by atoms with van der Waals surface area (Å²) in [5.74, 6) is 0.0516. The van der Waals surface area contributed by atoms with Crippen LogP contribution in [0.15, 0.2) is 23.1 Å². The van der Waals surface area contributed by atoms with E-state index >= 15 is 0 Å². The van der Waals surface area contributed by atoms with Crippen molar-refractivity contribution < 1.29 is 17.9 Å². The van der Waals surface area contributed by atoms with Crippen LogP contribution >= 0.6 is 12.4 Å². The van der Waals surface area contributed by atoms with Crippen molar-refractivity contribution in [2.75, 3.05) is 34.3 Å². The molecule has 1 fully saturated rings. The van der Waals surface area contributed by atoms with Crippen molar-refractivity contribution in [2.45, 2.75) is 30.8 Å². The minimum Gasteiger partial charge on any atom is -0.495 e. The Bertz CT molecular complexity index is 724. The van der Waals surface area contributed by atoms with Crippen molar-refractivity contribution in [3.63, 3.8) is 0 Å². The second-order valence-electron chi connectivity index (χ2n) is 6.14. The standard InChI is InChI=1S/C16H25N3O4S.ClH/c1-11-12(2)19(9-8-17-11)16(20)13-6-7-14(23-5)15(10-13)24(21,22)18(3)4;/h6-7,10-12,17H,8-9H2,1-5H3;1H. The lowest BCUT2D eigenvalue weighted by molar-refractivity contribution is 0.0602. The molecule has 1 heterocycles. The highest BCUT2D eigenvalue weighted by molar-refractivity contribution is 7.89. The number of hydrogen-bond donors (Lipinski definition) is 1. The Morgan fingerprint density at radius 3 is 2.52 bits per heavy atom. The summed E-state index contributed by atoms with van der Waals surface area (Å²) in [5.41, 5.74) is 0.345. The predicted molar refractivity (Wildman–Crippen MR) is 99.1 cm³/mol. The van der Waals surface area contributed by atoms with E-state index in [0.29, 0.717) is 12.1 Å². The number of benzene rings is 1. The van der Waals surface area contributed by atoms with Gasteiger partial charge >= 0.3 is 0 Å². The van der Waals surface area contributed by atoms with E-state index in [-0.39, 0.29) is 41.0 Å². The maximum atomic E-state index is 12.9. The van der Waals surface area contributed by atoms with E-state index in [1.54, 1.807) is 11.0 Å². The van der Waals surface area contributed by atoms with Gasteiger partial charge in [0, 0.05) is 44.8 Å². The topological polar surface area (TPSA) is 79.0 Å². The van der Waals surface area contributed by atoms with Crippen molar-refractivity contribution in [3.05, 3.63) is 23.8 Å². The highest BCUT2D eigenvalue weighted by atomic mass is 35.5. The summed E-state index contributed by atoms with van der Waals surface area (Å²) in [7, 11) is 0.598. The molecule has 25 heavy (non-hydrogen) atoms. The number of halogens is 1. The Morgan fingerprint density at radius 1 is 1.32 bits per heavy atom. The SMILES string of the molecule is COc1ccc(C(=O)N2CCNC(C)C2C)cc1S(=O)(=O)N(C)C.Cl. The monoisotopic (exact) mass is 391 g/mol. The van der Waals surface area contributed by atoms with Gasteiger partial charge in [-0.15, -0.1) is 12.4 Å². The fourth-order valence-electron chi connectivity index (χ4n) is 2.72. The highest BCUT2D eigenvalue weighted by Crippen LogP contribution is 2.28. The molecule has 0 radical (unpaired) electrons. The molecule has 1 aromatic carbocycles. The van der Waals surface area contributed by atoms with E-state index in [2.05, 4.69) is 5.32 Å². The van der Waals surface area contributed by atoms with Crippen LogP contribution in [0.4, 0.5) is 0 Å². The molecule has 2 rings (SSSR count). The lowest BCUT2D eigenvalue weighted by Crippen LogP contribution is -2.57. The summed E-state index contributed by atoms with van der Waals surface area (Å²) in [5, 5.41) is 3.32. The molecule has 2 atom stereocenters. The zero-order valence-electron chi connectivity index (χ0n) is 15.1. The number of carbonyl (C=O) groups is 1. The fraction of sp³-hybridized carbons (Fsp3) is 0.562. The number of amides is 1. The molecule has 0 aliphatic carbocycles. The molecule has 2 unspecified atom stereocenters. The van der Waals surface area contributed by atoms with Crippen LogP contribution in [-0.2, 0) is 10.0 Å². The number of nitrogens with zero attached hydrogens (tertiary/aromatic N) is 2. The number of nitrogens with one attached hydrogen (secondary N) is 1. The second-order valence-corrected chi connectivity index (χ2v) is 8.26. The van der Waals surface area contributed by atoms with Gasteiger partial charge in [-0.2, -0.15) is 0 Å². The molecule has 1 aliphatic heterocycles. The normalized spacial score (nSPS) is 21.0. The third kappa shape index (κ3) is 4.25. The maximum absolute atomic E-state index is 12.9. The first-order chi connectivity index (χ1) is 11.2. The molecule has 0 bridgehead atoms. The number of sulfonamides is 1. The predicted octanol–water partition coefficient (Wildman–Crippen LogP) is 1.19. The minimum atomic E-state index is -3.71. The molecule has 142 valence electrons. The average Bonchev–Trinajstić information content (AvgIpc) is 2.56. The van der Waals surface area contributed by atoms with Gasteiger partial charge in [0.05, 0.1) is 7.11 Å². The first-order valence-electron chi connectivity index (χ1n) is 7.85. The van der Waals surface area contributed by atoms with Crippen molar-refractivity contribution in [2.24, 2.45) is 0 Å². The molecular formula is C16H26ClN3O4S. The molecule has 1 saturated heterocycles. The number of carbonyl (C=O) groups excluding carboxylic acids is 1. The Labute approximate surface area is 155 Å². The number of ether oxygens (including phenoxy) is 1. The summed E-state index contributed by atoms with van der Waals surface area (Å²) in [6, 6.07) is 4.75. The summed E-state index contributed by atoms with van der Waals surface area (Å²) in [6.45, 7) is 5.32. The van der Waals surface area contributed by atoms with Crippen LogP contribution < -0.4 is 10.1 Å². The van der Waals surface area contributed by atoms with E-state index in [4.69, 9.17) is 4.74 Å². The van der Waals surface area contributed by atoms with E-state index in [1.807, 2.05) is 13.8 Å². The smallest absolute Gasteiger partial charge is 0.254 e. The summed E-state index contributed by atoms with van der Waals surface area (Å²) in [4.78, 5) is 14.6. The van der Waals surface area contributed by atoms with Gasteiger partial charge in [-0.1, -0.05) is 0 Å². The van der Waals surface area contributed by atoms with Crippen LogP contribution in [0.3, 0.4) is 0 Å². The average molecular weight is 392 g/mol. The Balaban J connectivity index is 0.00000312. The van der Waals surface area contributed by atoms with Crippen molar-refractivity contribution in [1.29, 1.82) is 0 Å². The molecule has 1 amide bonds. The quantitative estimate of drug-likeness (QED) is 0.834. The van der Waals surface area contributed by atoms with Crippen molar-refractivity contribution in [1.82, 2.24) is 14.5 Å². The van der Waals surface area contributed by atoms with Gasteiger partial charge in [-0.05, 0) is 32.0 Å². The largest absolute Gasteiger partial charge is 0.495 e. The highest BCUT2D eigenvalue weighted by Gasteiger charge is 2.30. The Morgan fingerprint density at radius 2 is 1.96 bits per heavy atom. The van der Waals surface area contributed by atoms with E-state index in [9.17, 15) is 13.2 Å². The van der Waals surface area contributed by atoms with Crippen molar-refractivity contribution >= 4 is 28.3 Å². The van der Waals surface area contributed by atoms with Crippen LogP contribution in [0.5, 0.6) is 5.75 Å². The molecule has 0 aromatic heterocycles. The Hall–Kier alpha value is -1.35. The molecule has 9 heteroatoms. The number of methoxy groups -OCH3 is 1. The first-order valence-corrected chi connectivity index (χ1v) is 9.29. The number of piperazine rings is 1. The third-order valence-electron chi connectivity index (χ3n) is 4.46. The molecule has 1 aromatic rings. The number of rotatable bonds is 4. The van der Waals surface area contributed by atoms with Gasteiger partial charge in [0.15, 0.2) is 0 Å². The Kier molecular flexibility index (Phi) is 7.25. The molecular weight excluding hydrogens is 366 g/mol. The maximum Gasteiger partial charge on any atom is 0.254 e. The van der Waals surface area contributed by atoms with E-state index in [0.717, 1.165) is 10.8 Å². The fourth-order valence-corrected chi connectivity index (χ4v) is 3.79. The molecule has 7 nitrogen and oxygen atoms in total. The van der Waals surface area contributed by atoms with Gasteiger partial charge in [-0.25, -0.2) is 12.7 Å². The summed E-state index contributed by atoms with van der Waals surface area (Å²) in [6.07, 6.45) is 0. The van der Waals surface area contributed by atoms with E-state index < -0.39 is 10.0 Å². The van der Waals surface area contributed by atoms with Crippen LogP contribution in [0.2, 0.25) is 0 Å². The molecule has 0 spiro atoms. The van der Waals surface area contributed by atoms with Crippen LogP contribution in [0.1, 0.15) is 24.2 Å². The molecule has 1 aliphatic rings. The van der Waals surface area contributed by atoms with Crippen molar-refractivity contribution in [3.8, 4) is 5.75 Å². The van der Waals surface area contributed by atoms with E-state index in [1.165, 1.54) is 33.3 Å². The number of hydrogen-bond acceptors (Lipinski definition) is 5. The molecule has 1 N–H and O–H groups in total. The van der Waals surface area contributed by atoms with Crippen LogP contribution in [0.25, 0.3) is 0 Å². The third-order valence-corrected chi connectivity index (χ3v) is 6.30. The zero-order valence-corrected chi connectivity index (χ0v) is 16.8. The summed E-state index contributed by atoms with van der Waals surface area (Å²) >= 11 is 0. The first kappa shape index (κ1) is 21.7. The minimum absolute atomic E-state index is 0. The summed E-state index contributed by atoms with van der Waals surface area (Å²) < 4.78 is 31.2. The van der Waals surface area contributed by atoms with Gasteiger partial charge in [-0.3, -0.25) is 4.79 Å². The van der Waals surface area contributed by atoms with Gasteiger partial charge in [0.1, 0.15) is 10.6 Å². The second kappa shape index (κ2) is 8.35. The zero-order chi connectivity index (χ0) is 18.1. The lowest BCUT2D eigenvalue weighted by Gasteiger charge is -2.38. The molecule has 0 saturated carbocycles. The lowest BCUT2D eigenvalue weighted by atomic mass is 10.1. The van der Waals surface area contributed by atoms with Crippen LogP contribution in [-0.4, -0.2) is 69.9 Å².